The monoisotopic (exact) mass is 750 g/mol. The van der Waals surface area contributed by atoms with Crippen LogP contribution in [-0.2, 0) is 0 Å². The molecule has 0 bridgehead atoms. The molecule has 0 aliphatic rings. The smallest absolute Gasteiger partial charge is 0.164 e. The van der Waals surface area contributed by atoms with Crippen molar-refractivity contribution in [3.8, 4) is 34.2 Å². The topological polar surface area (TPSA) is 41.9 Å². The summed E-state index contributed by atoms with van der Waals surface area (Å²) in [7, 11) is 0. The minimum atomic E-state index is 0.627. The Hall–Kier alpha value is -7.95. The summed E-state index contributed by atoms with van der Waals surface area (Å²) in [5.41, 5.74) is 6.04. The van der Waals surface area contributed by atoms with Gasteiger partial charge in [0.2, 0.25) is 0 Å². The maximum atomic E-state index is 5.03. The summed E-state index contributed by atoms with van der Waals surface area (Å²) in [4.78, 5) is 17.4. The van der Waals surface area contributed by atoms with Crippen molar-refractivity contribution in [2.45, 2.75) is 0 Å². The first-order valence-corrected chi connectivity index (χ1v) is 20.0. The lowest BCUT2D eigenvalue weighted by Crippen LogP contribution is -2.11. The van der Waals surface area contributed by atoms with E-state index >= 15 is 0 Å². The van der Waals surface area contributed by atoms with Crippen molar-refractivity contribution < 1.29 is 0 Å². The summed E-state index contributed by atoms with van der Waals surface area (Å²) in [6.07, 6.45) is 0. The van der Waals surface area contributed by atoms with Crippen molar-refractivity contribution in [3.05, 3.63) is 206 Å². The molecule has 0 unspecified atom stereocenters. The second-order valence-electron chi connectivity index (χ2n) is 15.2. The molecule has 0 saturated heterocycles. The molecule has 0 atom stereocenters. The maximum Gasteiger partial charge on any atom is 0.164 e. The third-order valence-electron chi connectivity index (χ3n) is 11.8. The van der Waals surface area contributed by atoms with Gasteiger partial charge in [-0.25, -0.2) is 15.0 Å². The molecule has 0 N–H and O–H groups in total. The molecular weight excluding hydrogens is 717 g/mol. The van der Waals surface area contributed by atoms with E-state index in [9.17, 15) is 0 Å². The fourth-order valence-corrected chi connectivity index (χ4v) is 9.07. The Morgan fingerprint density at radius 1 is 0.271 bits per heavy atom. The van der Waals surface area contributed by atoms with Crippen LogP contribution in [0.15, 0.2) is 206 Å². The molecule has 4 nitrogen and oxygen atoms in total. The normalized spacial score (nSPS) is 11.7. The van der Waals surface area contributed by atoms with Crippen LogP contribution in [-0.4, -0.2) is 15.0 Å². The Morgan fingerprint density at radius 2 is 0.695 bits per heavy atom. The second-order valence-corrected chi connectivity index (χ2v) is 15.2. The number of fused-ring (bicyclic) bond motifs is 6. The molecule has 0 saturated carbocycles. The first-order chi connectivity index (χ1) is 29.2. The van der Waals surface area contributed by atoms with Crippen molar-refractivity contribution in [1.29, 1.82) is 0 Å². The lowest BCUT2D eigenvalue weighted by molar-refractivity contribution is 1.07. The van der Waals surface area contributed by atoms with Crippen molar-refractivity contribution in [2.24, 2.45) is 0 Å². The van der Waals surface area contributed by atoms with Gasteiger partial charge in [0.05, 0.1) is 5.69 Å². The van der Waals surface area contributed by atoms with Crippen LogP contribution in [0, 0.1) is 0 Å². The van der Waals surface area contributed by atoms with Crippen LogP contribution in [0.3, 0.4) is 0 Å². The molecule has 0 aliphatic heterocycles. The molecule has 0 fully saturated rings. The third-order valence-corrected chi connectivity index (χ3v) is 11.8. The summed E-state index contributed by atoms with van der Waals surface area (Å²) >= 11 is 0. The minimum absolute atomic E-state index is 0.627. The molecule has 274 valence electrons. The highest BCUT2D eigenvalue weighted by Gasteiger charge is 2.21. The van der Waals surface area contributed by atoms with Crippen LogP contribution in [0.5, 0.6) is 0 Å². The predicted molar refractivity (Wildman–Crippen MR) is 247 cm³/mol. The highest BCUT2D eigenvalue weighted by atomic mass is 15.1. The fourth-order valence-electron chi connectivity index (χ4n) is 9.07. The molecule has 0 aliphatic carbocycles. The average molecular weight is 751 g/mol. The van der Waals surface area contributed by atoms with E-state index in [-0.39, 0.29) is 0 Å². The van der Waals surface area contributed by atoms with Crippen LogP contribution in [0.4, 0.5) is 17.1 Å². The number of nitrogens with zero attached hydrogens (tertiary/aromatic N) is 4. The highest BCUT2D eigenvalue weighted by Crippen LogP contribution is 2.46. The fraction of sp³-hybridized carbons (Fsp3) is 0. The largest absolute Gasteiger partial charge is 0.310 e. The Morgan fingerprint density at radius 3 is 1.27 bits per heavy atom. The van der Waals surface area contributed by atoms with Gasteiger partial charge in [-0.1, -0.05) is 164 Å². The van der Waals surface area contributed by atoms with Gasteiger partial charge >= 0.3 is 0 Å². The van der Waals surface area contributed by atoms with Gasteiger partial charge in [-0.05, 0) is 102 Å². The summed E-state index contributed by atoms with van der Waals surface area (Å²) < 4.78 is 0. The zero-order valence-electron chi connectivity index (χ0n) is 31.9. The lowest BCUT2D eigenvalue weighted by atomic mass is 9.92. The quantitative estimate of drug-likeness (QED) is 0.159. The van der Waals surface area contributed by atoms with E-state index in [1.54, 1.807) is 0 Å². The van der Waals surface area contributed by atoms with E-state index in [1.807, 2.05) is 60.7 Å². The van der Waals surface area contributed by atoms with E-state index in [1.165, 1.54) is 64.6 Å². The van der Waals surface area contributed by atoms with Crippen LogP contribution in [0.2, 0.25) is 0 Å². The molecule has 12 rings (SSSR count). The van der Waals surface area contributed by atoms with Gasteiger partial charge in [0, 0.05) is 33.5 Å². The molecule has 0 radical (unpaired) electrons. The number of hydrogen-bond acceptors (Lipinski definition) is 4. The Kier molecular flexibility index (Phi) is 7.50. The van der Waals surface area contributed by atoms with Gasteiger partial charge in [-0.2, -0.15) is 0 Å². The maximum absolute atomic E-state index is 5.03. The van der Waals surface area contributed by atoms with E-state index in [0.29, 0.717) is 17.5 Å². The van der Waals surface area contributed by atoms with Crippen molar-refractivity contribution in [2.75, 3.05) is 4.90 Å². The van der Waals surface area contributed by atoms with Crippen molar-refractivity contribution in [1.82, 2.24) is 15.0 Å². The number of hydrogen-bond donors (Lipinski definition) is 0. The first kappa shape index (κ1) is 33.2. The molecular formula is C55H34N4. The Labute approximate surface area is 340 Å². The van der Waals surface area contributed by atoms with Gasteiger partial charge in [0.15, 0.2) is 17.5 Å². The molecule has 0 spiro atoms. The molecule has 12 aromatic rings. The van der Waals surface area contributed by atoms with E-state index in [2.05, 4.69) is 150 Å². The minimum Gasteiger partial charge on any atom is -0.310 e. The van der Waals surface area contributed by atoms with Gasteiger partial charge in [0.25, 0.3) is 0 Å². The van der Waals surface area contributed by atoms with E-state index < -0.39 is 0 Å². The Bertz CT molecular complexity index is 3440. The van der Waals surface area contributed by atoms with Crippen molar-refractivity contribution in [3.63, 3.8) is 0 Å². The van der Waals surface area contributed by atoms with Gasteiger partial charge in [-0.15, -0.1) is 0 Å². The standard InChI is InChI=1S/C55H34N4/c1-3-12-38(13-4-1)53-56-54(39-14-5-2-6-15-39)58-55(57-53)40-24-28-41(29-25-40)59(50-33-27-37-23-22-35-16-11-17-36-26-31-48(50)52(37)51(35)36)42-30-32-47-45-20-8-7-18-43(45)44-19-9-10-21-46(44)49(47)34-42/h1-34H. The van der Waals surface area contributed by atoms with Crippen LogP contribution in [0.25, 0.3) is 98.8 Å². The molecule has 4 heteroatoms. The average Bonchev–Trinajstić information content (AvgIpc) is 3.32. The zero-order valence-corrected chi connectivity index (χ0v) is 31.9. The van der Waals surface area contributed by atoms with Gasteiger partial charge in [0.1, 0.15) is 0 Å². The molecule has 1 heterocycles. The van der Waals surface area contributed by atoms with Crippen LogP contribution >= 0.6 is 0 Å². The SMILES string of the molecule is c1ccc(-c2nc(-c3ccccc3)nc(-c3ccc(N(c4ccc5c6ccccc6c6ccccc6c5c4)c4ccc5ccc6cccc7ccc4c5c67)cc3)n2)cc1. The summed E-state index contributed by atoms with van der Waals surface area (Å²) in [5, 5.41) is 15.0. The van der Waals surface area contributed by atoms with E-state index in [4.69, 9.17) is 15.0 Å². The predicted octanol–water partition coefficient (Wildman–Crippen LogP) is 14.7. The second kappa shape index (κ2) is 13.3. The summed E-state index contributed by atoms with van der Waals surface area (Å²) in [6, 6.07) is 73.6. The lowest BCUT2D eigenvalue weighted by Gasteiger charge is -2.28. The molecule has 1 aromatic heterocycles. The van der Waals surface area contributed by atoms with Crippen LogP contribution < -0.4 is 4.90 Å². The van der Waals surface area contributed by atoms with Crippen LogP contribution in [0.1, 0.15) is 0 Å². The number of aromatic nitrogens is 3. The molecule has 11 aromatic carbocycles. The summed E-state index contributed by atoms with van der Waals surface area (Å²) in [5.74, 6) is 1.91. The third kappa shape index (κ3) is 5.42. The van der Waals surface area contributed by atoms with Crippen molar-refractivity contribution >= 4 is 81.7 Å². The summed E-state index contributed by atoms with van der Waals surface area (Å²) in [6.45, 7) is 0. The van der Waals surface area contributed by atoms with Gasteiger partial charge < -0.3 is 4.90 Å². The molecule has 0 amide bonds. The Balaban J connectivity index is 1.08. The van der Waals surface area contributed by atoms with E-state index in [0.717, 1.165) is 33.8 Å². The number of benzene rings is 11. The highest BCUT2D eigenvalue weighted by molar-refractivity contribution is 6.27. The number of anilines is 3. The number of rotatable bonds is 6. The molecule has 59 heavy (non-hydrogen) atoms. The first-order valence-electron chi connectivity index (χ1n) is 20.0. The van der Waals surface area contributed by atoms with Gasteiger partial charge in [-0.3, -0.25) is 0 Å². The zero-order chi connectivity index (χ0) is 38.9.